The molecule has 0 fully saturated rings. The fourth-order valence-electron chi connectivity index (χ4n) is 3.12. The number of carbonyl (C=O) groups is 2. The minimum atomic E-state index is -0.285. The third-order valence-corrected chi connectivity index (χ3v) is 4.27. The number of amides is 1. The minimum Gasteiger partial charge on any atom is -0.455 e. The number of ether oxygens (including phenoxy) is 1. The summed E-state index contributed by atoms with van der Waals surface area (Å²) in [7, 11) is 1.65. The summed E-state index contributed by atoms with van der Waals surface area (Å²) in [6, 6.07) is 7.85. The summed E-state index contributed by atoms with van der Waals surface area (Å²) in [4.78, 5) is 24.5. The quantitative estimate of drug-likeness (QED) is 0.916. The Labute approximate surface area is 141 Å². The van der Waals surface area contributed by atoms with Crippen molar-refractivity contribution < 1.29 is 18.7 Å². The van der Waals surface area contributed by atoms with Crippen LogP contribution < -0.4 is 5.32 Å². The Hall–Kier alpha value is -2.40. The van der Waals surface area contributed by atoms with Crippen LogP contribution in [0.15, 0.2) is 28.7 Å². The lowest BCUT2D eigenvalue weighted by atomic mass is 9.94. The van der Waals surface area contributed by atoms with Gasteiger partial charge >= 0.3 is 0 Å². The van der Waals surface area contributed by atoms with Gasteiger partial charge in [0.1, 0.15) is 5.76 Å². The van der Waals surface area contributed by atoms with E-state index in [2.05, 4.69) is 5.32 Å². The van der Waals surface area contributed by atoms with E-state index in [4.69, 9.17) is 9.15 Å². The van der Waals surface area contributed by atoms with Gasteiger partial charge in [-0.15, -0.1) is 0 Å². The van der Waals surface area contributed by atoms with Gasteiger partial charge in [0, 0.05) is 32.1 Å². The van der Waals surface area contributed by atoms with Gasteiger partial charge in [0.2, 0.25) is 0 Å². The first-order valence-corrected chi connectivity index (χ1v) is 8.10. The van der Waals surface area contributed by atoms with Gasteiger partial charge in [-0.2, -0.15) is 0 Å². The Kier molecular flexibility index (Phi) is 4.81. The van der Waals surface area contributed by atoms with Gasteiger partial charge in [-0.1, -0.05) is 24.3 Å². The second-order valence-corrected chi connectivity index (χ2v) is 6.07. The van der Waals surface area contributed by atoms with Crippen LogP contribution in [0.5, 0.6) is 0 Å². The predicted molar refractivity (Wildman–Crippen MR) is 89.0 cm³/mol. The lowest BCUT2D eigenvalue weighted by Gasteiger charge is -2.07. The maximum atomic E-state index is 12.4. The predicted octanol–water partition coefficient (Wildman–Crippen LogP) is 3.18. The van der Waals surface area contributed by atoms with Gasteiger partial charge in [0.25, 0.3) is 5.91 Å². The first kappa shape index (κ1) is 16.5. The summed E-state index contributed by atoms with van der Waals surface area (Å²) in [5.74, 6) is 0.690. The number of hydrogen-bond donors (Lipinski definition) is 1. The number of furan rings is 1. The number of fused-ring (bicyclic) bond motifs is 1. The standard InChI is InChI=1S/C19H21NO4/c1-12-17-15(21)7-4-8-16(17)24-18(12)19(22)20-10-13-5-3-6-14(9-13)11-23-2/h3,5-6,9H,4,7-8,10-11H2,1-2H3,(H,20,22). The molecule has 0 radical (unpaired) electrons. The molecule has 0 spiro atoms. The molecular formula is C19H21NO4. The number of Topliss-reactive ketones (excluding diaryl/α,β-unsaturated/α-hetero) is 1. The molecule has 1 aliphatic rings. The third-order valence-electron chi connectivity index (χ3n) is 4.27. The number of benzene rings is 1. The Morgan fingerprint density at radius 2 is 2.08 bits per heavy atom. The van der Waals surface area contributed by atoms with Crippen LogP contribution in [-0.2, 0) is 24.3 Å². The van der Waals surface area contributed by atoms with Crippen molar-refractivity contribution in [3.05, 3.63) is 58.0 Å². The largest absolute Gasteiger partial charge is 0.455 e. The highest BCUT2D eigenvalue weighted by Gasteiger charge is 2.28. The molecule has 0 saturated heterocycles. The van der Waals surface area contributed by atoms with E-state index in [-0.39, 0.29) is 17.5 Å². The molecule has 2 aromatic rings. The van der Waals surface area contributed by atoms with Crippen molar-refractivity contribution in [2.24, 2.45) is 0 Å². The number of nitrogens with one attached hydrogen (secondary N) is 1. The highest BCUT2D eigenvalue weighted by atomic mass is 16.5. The summed E-state index contributed by atoms with van der Waals surface area (Å²) in [5.41, 5.74) is 3.30. The summed E-state index contributed by atoms with van der Waals surface area (Å²) in [6.07, 6.45) is 2.03. The molecule has 1 amide bonds. The zero-order chi connectivity index (χ0) is 17.1. The first-order valence-electron chi connectivity index (χ1n) is 8.10. The molecule has 0 aliphatic heterocycles. The molecule has 3 rings (SSSR count). The van der Waals surface area contributed by atoms with E-state index < -0.39 is 0 Å². The first-order chi connectivity index (χ1) is 11.6. The van der Waals surface area contributed by atoms with Crippen LogP contribution in [0.1, 0.15) is 56.2 Å². The topological polar surface area (TPSA) is 68.5 Å². The zero-order valence-corrected chi connectivity index (χ0v) is 14.0. The van der Waals surface area contributed by atoms with E-state index in [0.717, 1.165) is 17.5 Å². The number of hydrogen-bond acceptors (Lipinski definition) is 4. The second kappa shape index (κ2) is 7.01. The molecule has 126 valence electrons. The van der Waals surface area contributed by atoms with Crippen LogP contribution in [0.25, 0.3) is 0 Å². The smallest absolute Gasteiger partial charge is 0.287 e. The normalized spacial score (nSPS) is 13.7. The van der Waals surface area contributed by atoms with Crippen molar-refractivity contribution in [2.75, 3.05) is 7.11 Å². The second-order valence-electron chi connectivity index (χ2n) is 6.07. The van der Waals surface area contributed by atoms with Gasteiger partial charge < -0.3 is 14.5 Å². The molecule has 0 saturated carbocycles. The van der Waals surface area contributed by atoms with E-state index in [1.165, 1.54) is 0 Å². The number of ketones is 1. The SMILES string of the molecule is COCc1cccc(CNC(=O)c2oc3c(c2C)C(=O)CCC3)c1. The number of methoxy groups -OCH3 is 1. The van der Waals surface area contributed by atoms with E-state index in [1.54, 1.807) is 14.0 Å². The molecule has 0 atom stereocenters. The van der Waals surface area contributed by atoms with Crippen LogP contribution >= 0.6 is 0 Å². The molecule has 24 heavy (non-hydrogen) atoms. The molecule has 1 N–H and O–H groups in total. The molecule has 5 nitrogen and oxygen atoms in total. The fourth-order valence-corrected chi connectivity index (χ4v) is 3.12. The van der Waals surface area contributed by atoms with Gasteiger partial charge in [0.15, 0.2) is 11.5 Å². The zero-order valence-electron chi connectivity index (χ0n) is 14.0. The van der Waals surface area contributed by atoms with Crippen LogP contribution in [0, 0.1) is 6.92 Å². The number of rotatable bonds is 5. The monoisotopic (exact) mass is 327 g/mol. The summed E-state index contributed by atoms with van der Waals surface area (Å²) < 4.78 is 10.8. The molecule has 1 heterocycles. The Balaban J connectivity index is 1.72. The summed E-state index contributed by atoms with van der Waals surface area (Å²) in [5, 5.41) is 2.86. The van der Waals surface area contributed by atoms with E-state index in [0.29, 0.717) is 42.9 Å². The molecule has 5 heteroatoms. The van der Waals surface area contributed by atoms with Crippen molar-refractivity contribution in [1.82, 2.24) is 5.32 Å². The molecule has 1 aromatic heterocycles. The maximum absolute atomic E-state index is 12.4. The van der Waals surface area contributed by atoms with Crippen molar-refractivity contribution in [2.45, 2.75) is 39.3 Å². The lowest BCUT2D eigenvalue weighted by Crippen LogP contribution is -2.23. The maximum Gasteiger partial charge on any atom is 0.287 e. The van der Waals surface area contributed by atoms with Crippen LogP contribution in [0.3, 0.4) is 0 Å². The number of carbonyl (C=O) groups excluding carboxylic acids is 2. The molecule has 0 bridgehead atoms. The van der Waals surface area contributed by atoms with Crippen LogP contribution in [0.4, 0.5) is 0 Å². The molecule has 1 aromatic carbocycles. The highest BCUT2D eigenvalue weighted by molar-refractivity contribution is 6.03. The Morgan fingerprint density at radius 1 is 1.29 bits per heavy atom. The van der Waals surface area contributed by atoms with Crippen molar-refractivity contribution in [3.63, 3.8) is 0 Å². The summed E-state index contributed by atoms with van der Waals surface area (Å²) >= 11 is 0. The fraction of sp³-hybridized carbons (Fsp3) is 0.368. The average Bonchev–Trinajstić information content (AvgIpc) is 2.92. The van der Waals surface area contributed by atoms with Crippen molar-refractivity contribution in [3.8, 4) is 0 Å². The van der Waals surface area contributed by atoms with Gasteiger partial charge in [-0.25, -0.2) is 0 Å². The van der Waals surface area contributed by atoms with Gasteiger partial charge in [0.05, 0.1) is 12.2 Å². The highest BCUT2D eigenvalue weighted by Crippen LogP contribution is 2.29. The van der Waals surface area contributed by atoms with Gasteiger partial charge in [-0.05, 0) is 24.5 Å². The third kappa shape index (κ3) is 3.26. The van der Waals surface area contributed by atoms with Crippen molar-refractivity contribution in [1.29, 1.82) is 0 Å². The Bertz CT molecular complexity index is 776. The van der Waals surface area contributed by atoms with Crippen LogP contribution in [-0.4, -0.2) is 18.8 Å². The van der Waals surface area contributed by atoms with Crippen molar-refractivity contribution >= 4 is 11.7 Å². The lowest BCUT2D eigenvalue weighted by molar-refractivity contribution is 0.0917. The summed E-state index contributed by atoms with van der Waals surface area (Å²) in [6.45, 7) is 2.71. The van der Waals surface area contributed by atoms with E-state index >= 15 is 0 Å². The Morgan fingerprint density at radius 3 is 2.83 bits per heavy atom. The molecule has 0 unspecified atom stereocenters. The average molecular weight is 327 g/mol. The van der Waals surface area contributed by atoms with Gasteiger partial charge in [-0.3, -0.25) is 9.59 Å². The van der Waals surface area contributed by atoms with E-state index in [1.807, 2.05) is 24.3 Å². The van der Waals surface area contributed by atoms with E-state index in [9.17, 15) is 9.59 Å². The minimum absolute atomic E-state index is 0.0730. The molecular weight excluding hydrogens is 306 g/mol. The number of aryl methyl sites for hydroxylation is 1. The van der Waals surface area contributed by atoms with Crippen LogP contribution in [0.2, 0.25) is 0 Å². The molecule has 1 aliphatic carbocycles.